The Hall–Kier alpha value is -2.34. The highest BCUT2D eigenvalue weighted by molar-refractivity contribution is 7.93. The molecule has 5 nitrogen and oxygen atoms in total. The number of carbonyl (C=O) groups excluding carboxylic acids is 1. The number of anilines is 1. The molecular weight excluding hydrogens is 288 g/mol. The monoisotopic (exact) mass is 302 g/mol. The Morgan fingerprint density at radius 3 is 2.33 bits per heavy atom. The van der Waals surface area contributed by atoms with E-state index in [0.717, 1.165) is 9.87 Å². The van der Waals surface area contributed by atoms with E-state index in [4.69, 9.17) is 5.73 Å². The average Bonchev–Trinajstić information content (AvgIpc) is 2.88. The Morgan fingerprint density at radius 2 is 1.67 bits per heavy atom. The van der Waals surface area contributed by atoms with Crippen LogP contribution in [0, 0.1) is 0 Å². The summed E-state index contributed by atoms with van der Waals surface area (Å²) in [5.41, 5.74) is 6.72. The Labute approximate surface area is 123 Å². The highest BCUT2D eigenvalue weighted by atomic mass is 32.2. The van der Waals surface area contributed by atoms with E-state index in [1.807, 2.05) is 12.1 Å². The van der Waals surface area contributed by atoms with Crippen molar-refractivity contribution in [2.24, 2.45) is 5.73 Å². The van der Waals surface area contributed by atoms with Crippen LogP contribution in [0.2, 0.25) is 0 Å². The standard InChI is InChI=1S/C15H14N2O3S/c16-15(18)14-10-11-6-4-5-9-13(11)17(14)21(19,20)12-7-2-1-3-8-12/h1-9,14H,10H2,(H2,16,18)/t14-/m0/s1. The summed E-state index contributed by atoms with van der Waals surface area (Å²) >= 11 is 0. The number of para-hydroxylation sites is 1. The van der Waals surface area contributed by atoms with Crippen molar-refractivity contribution >= 4 is 21.6 Å². The third-order valence-electron chi connectivity index (χ3n) is 3.55. The van der Waals surface area contributed by atoms with Crippen molar-refractivity contribution in [3.63, 3.8) is 0 Å². The fourth-order valence-electron chi connectivity index (χ4n) is 2.58. The predicted molar refractivity (Wildman–Crippen MR) is 79.2 cm³/mol. The van der Waals surface area contributed by atoms with Gasteiger partial charge in [-0.05, 0) is 23.8 Å². The van der Waals surface area contributed by atoms with Crippen LogP contribution in [0.4, 0.5) is 5.69 Å². The lowest BCUT2D eigenvalue weighted by atomic mass is 10.1. The molecule has 1 amide bonds. The van der Waals surface area contributed by atoms with E-state index in [1.54, 1.807) is 30.3 Å². The minimum absolute atomic E-state index is 0.146. The number of amides is 1. The summed E-state index contributed by atoms with van der Waals surface area (Å²) in [6.45, 7) is 0. The number of nitrogens with two attached hydrogens (primary N) is 1. The third-order valence-corrected chi connectivity index (χ3v) is 5.39. The van der Waals surface area contributed by atoms with Crippen LogP contribution in [0.3, 0.4) is 0 Å². The molecule has 2 N–H and O–H groups in total. The molecule has 0 aromatic heterocycles. The van der Waals surface area contributed by atoms with Gasteiger partial charge < -0.3 is 5.73 Å². The summed E-state index contributed by atoms with van der Waals surface area (Å²) in [5, 5.41) is 0. The maximum Gasteiger partial charge on any atom is 0.265 e. The molecule has 3 rings (SSSR count). The predicted octanol–water partition coefficient (Wildman–Crippen LogP) is 1.29. The van der Waals surface area contributed by atoms with Crippen molar-refractivity contribution in [2.45, 2.75) is 17.4 Å². The number of rotatable bonds is 3. The summed E-state index contributed by atoms with van der Waals surface area (Å²) in [4.78, 5) is 11.8. The van der Waals surface area contributed by atoms with E-state index in [2.05, 4.69) is 0 Å². The van der Waals surface area contributed by atoms with Gasteiger partial charge in [0.2, 0.25) is 5.91 Å². The number of primary amides is 1. The van der Waals surface area contributed by atoms with Crippen molar-refractivity contribution in [2.75, 3.05) is 4.31 Å². The minimum Gasteiger partial charge on any atom is -0.368 e. The number of sulfonamides is 1. The van der Waals surface area contributed by atoms with Crippen LogP contribution in [0.1, 0.15) is 5.56 Å². The molecule has 6 heteroatoms. The normalized spacial score (nSPS) is 17.5. The van der Waals surface area contributed by atoms with E-state index in [0.29, 0.717) is 12.1 Å². The maximum absolute atomic E-state index is 12.8. The third kappa shape index (κ3) is 2.17. The van der Waals surface area contributed by atoms with E-state index >= 15 is 0 Å². The molecule has 1 aliphatic heterocycles. The second kappa shape index (κ2) is 4.89. The van der Waals surface area contributed by atoms with Gasteiger partial charge in [0.05, 0.1) is 10.6 Å². The molecule has 0 radical (unpaired) electrons. The molecule has 0 bridgehead atoms. The summed E-state index contributed by atoms with van der Waals surface area (Å²) in [7, 11) is -3.81. The van der Waals surface area contributed by atoms with Crippen LogP contribution in [0.5, 0.6) is 0 Å². The van der Waals surface area contributed by atoms with E-state index < -0.39 is 22.0 Å². The maximum atomic E-state index is 12.8. The molecule has 0 saturated heterocycles. The van der Waals surface area contributed by atoms with Gasteiger partial charge in [-0.1, -0.05) is 36.4 Å². The molecule has 108 valence electrons. The van der Waals surface area contributed by atoms with Crippen LogP contribution in [0.25, 0.3) is 0 Å². The molecule has 0 spiro atoms. The highest BCUT2D eigenvalue weighted by Gasteiger charge is 2.41. The van der Waals surface area contributed by atoms with E-state index in [9.17, 15) is 13.2 Å². The smallest absolute Gasteiger partial charge is 0.265 e. The summed E-state index contributed by atoms with van der Waals surface area (Å²) < 4.78 is 26.8. The van der Waals surface area contributed by atoms with Crippen molar-refractivity contribution in [1.82, 2.24) is 0 Å². The Kier molecular flexibility index (Phi) is 3.17. The second-order valence-electron chi connectivity index (χ2n) is 4.86. The number of benzene rings is 2. The molecule has 0 aliphatic carbocycles. The van der Waals surface area contributed by atoms with Gasteiger partial charge in [0.25, 0.3) is 10.0 Å². The van der Waals surface area contributed by atoms with E-state index in [1.165, 1.54) is 12.1 Å². The summed E-state index contributed by atoms with van der Waals surface area (Å²) in [6, 6.07) is 14.2. The lowest BCUT2D eigenvalue weighted by Gasteiger charge is -2.24. The molecule has 1 atom stereocenters. The quantitative estimate of drug-likeness (QED) is 0.927. The fourth-order valence-corrected chi connectivity index (χ4v) is 4.26. The largest absolute Gasteiger partial charge is 0.368 e. The highest BCUT2D eigenvalue weighted by Crippen LogP contribution is 2.36. The number of hydrogen-bond acceptors (Lipinski definition) is 3. The van der Waals surface area contributed by atoms with E-state index in [-0.39, 0.29) is 4.90 Å². The molecule has 1 aliphatic rings. The first-order chi connectivity index (χ1) is 10.0. The summed E-state index contributed by atoms with van der Waals surface area (Å²) in [6.07, 6.45) is 0.303. The van der Waals surface area contributed by atoms with Gasteiger partial charge in [-0.2, -0.15) is 0 Å². The first kappa shape index (κ1) is 13.6. The SMILES string of the molecule is NC(=O)[C@@H]1Cc2ccccc2N1S(=O)(=O)c1ccccc1. The van der Waals surface area contributed by atoms with Gasteiger partial charge in [-0.3, -0.25) is 9.10 Å². The van der Waals surface area contributed by atoms with Gasteiger partial charge in [0.1, 0.15) is 6.04 Å². The number of hydrogen-bond donors (Lipinski definition) is 1. The van der Waals surface area contributed by atoms with Crippen LogP contribution >= 0.6 is 0 Å². The number of carbonyl (C=O) groups is 1. The molecular formula is C15H14N2O3S. The lowest BCUT2D eigenvalue weighted by Crippen LogP contribution is -2.45. The zero-order chi connectivity index (χ0) is 15.0. The van der Waals surface area contributed by atoms with Crippen LogP contribution in [-0.2, 0) is 21.2 Å². The zero-order valence-corrected chi connectivity index (χ0v) is 12.0. The second-order valence-corrected chi connectivity index (χ2v) is 6.68. The minimum atomic E-state index is -3.81. The van der Waals surface area contributed by atoms with Crippen LogP contribution < -0.4 is 10.0 Å². The zero-order valence-electron chi connectivity index (χ0n) is 11.1. The lowest BCUT2D eigenvalue weighted by molar-refractivity contribution is -0.118. The summed E-state index contributed by atoms with van der Waals surface area (Å²) in [5.74, 6) is -0.647. The molecule has 21 heavy (non-hydrogen) atoms. The van der Waals surface area contributed by atoms with Gasteiger partial charge >= 0.3 is 0 Å². The number of nitrogens with zero attached hydrogens (tertiary/aromatic N) is 1. The molecule has 0 saturated carbocycles. The van der Waals surface area contributed by atoms with Crippen molar-refractivity contribution < 1.29 is 13.2 Å². The van der Waals surface area contributed by atoms with Gasteiger partial charge in [0.15, 0.2) is 0 Å². The topological polar surface area (TPSA) is 80.5 Å². The van der Waals surface area contributed by atoms with Crippen LogP contribution in [-0.4, -0.2) is 20.4 Å². The Balaban J connectivity index is 2.17. The van der Waals surface area contributed by atoms with Gasteiger partial charge in [-0.25, -0.2) is 8.42 Å². The van der Waals surface area contributed by atoms with Gasteiger partial charge in [0, 0.05) is 6.42 Å². The average molecular weight is 302 g/mol. The molecule has 2 aromatic carbocycles. The molecule has 1 heterocycles. The molecule has 2 aromatic rings. The Morgan fingerprint density at radius 1 is 1.05 bits per heavy atom. The van der Waals surface area contributed by atoms with Gasteiger partial charge in [-0.15, -0.1) is 0 Å². The number of fused-ring (bicyclic) bond motifs is 1. The first-order valence-corrected chi connectivity index (χ1v) is 7.92. The molecule has 0 fully saturated rings. The first-order valence-electron chi connectivity index (χ1n) is 6.48. The Bertz CT molecular complexity index is 788. The van der Waals surface area contributed by atoms with Crippen molar-refractivity contribution in [1.29, 1.82) is 0 Å². The van der Waals surface area contributed by atoms with Crippen LogP contribution in [0.15, 0.2) is 59.5 Å². The molecule has 0 unspecified atom stereocenters. The van der Waals surface area contributed by atoms with Crippen molar-refractivity contribution in [3.8, 4) is 0 Å². The fraction of sp³-hybridized carbons (Fsp3) is 0.133. The van der Waals surface area contributed by atoms with Crippen molar-refractivity contribution in [3.05, 3.63) is 60.2 Å².